The zero-order chi connectivity index (χ0) is 14.8. The van der Waals surface area contributed by atoms with Gasteiger partial charge in [-0.25, -0.2) is 0 Å². The number of carbonyl (C=O) groups is 1. The Kier molecular flexibility index (Phi) is 4.90. The lowest BCUT2D eigenvalue weighted by Crippen LogP contribution is -2.55. The number of nitrogens with one attached hydrogen (secondary N) is 1. The standard InChI is InChI=1S/C13H22F3N3O/c1-10(13(14,15)16)18-5-7-19(8-6-18)12(20)9-11-3-2-4-17-11/h10-11,17H,2-9H2,1H3. The van der Waals surface area contributed by atoms with Crippen LogP contribution in [0.4, 0.5) is 13.2 Å². The quantitative estimate of drug-likeness (QED) is 0.850. The fraction of sp³-hybridized carbons (Fsp3) is 0.923. The molecule has 0 bridgehead atoms. The van der Waals surface area contributed by atoms with Gasteiger partial charge in [-0.2, -0.15) is 13.2 Å². The van der Waals surface area contributed by atoms with Crippen LogP contribution in [0.1, 0.15) is 26.2 Å². The molecule has 20 heavy (non-hydrogen) atoms. The van der Waals surface area contributed by atoms with E-state index in [9.17, 15) is 18.0 Å². The summed E-state index contributed by atoms with van der Waals surface area (Å²) in [5, 5.41) is 3.27. The van der Waals surface area contributed by atoms with E-state index < -0.39 is 12.2 Å². The number of hydrogen-bond acceptors (Lipinski definition) is 3. The first-order chi connectivity index (χ1) is 9.38. The van der Waals surface area contributed by atoms with Gasteiger partial charge in [0.25, 0.3) is 0 Å². The van der Waals surface area contributed by atoms with Crippen LogP contribution in [0.15, 0.2) is 0 Å². The maximum absolute atomic E-state index is 12.6. The monoisotopic (exact) mass is 293 g/mol. The highest BCUT2D eigenvalue weighted by molar-refractivity contribution is 5.77. The van der Waals surface area contributed by atoms with Crippen molar-refractivity contribution in [2.75, 3.05) is 32.7 Å². The molecule has 2 aliphatic heterocycles. The summed E-state index contributed by atoms with van der Waals surface area (Å²) in [6.07, 6.45) is -1.62. The van der Waals surface area contributed by atoms with E-state index in [1.807, 2.05) is 0 Å². The first kappa shape index (κ1) is 15.6. The maximum Gasteiger partial charge on any atom is 0.403 e. The van der Waals surface area contributed by atoms with Crippen molar-refractivity contribution < 1.29 is 18.0 Å². The number of carbonyl (C=O) groups excluding carboxylic acids is 1. The van der Waals surface area contributed by atoms with Gasteiger partial charge < -0.3 is 10.2 Å². The van der Waals surface area contributed by atoms with Crippen LogP contribution in [0.2, 0.25) is 0 Å². The Morgan fingerprint density at radius 3 is 2.45 bits per heavy atom. The zero-order valence-electron chi connectivity index (χ0n) is 11.7. The van der Waals surface area contributed by atoms with Gasteiger partial charge in [0, 0.05) is 38.6 Å². The number of amides is 1. The molecule has 0 saturated carbocycles. The highest BCUT2D eigenvalue weighted by Crippen LogP contribution is 2.25. The zero-order valence-corrected chi connectivity index (χ0v) is 11.7. The van der Waals surface area contributed by atoms with Crippen LogP contribution >= 0.6 is 0 Å². The minimum atomic E-state index is -4.19. The predicted octanol–water partition coefficient (Wildman–Crippen LogP) is 1.22. The van der Waals surface area contributed by atoms with Crippen molar-refractivity contribution in [1.29, 1.82) is 0 Å². The summed E-state index contributed by atoms with van der Waals surface area (Å²) in [6, 6.07) is -1.19. The lowest BCUT2D eigenvalue weighted by Gasteiger charge is -2.38. The van der Waals surface area contributed by atoms with E-state index in [0.717, 1.165) is 19.4 Å². The van der Waals surface area contributed by atoms with Gasteiger partial charge in [0.05, 0.1) is 0 Å². The summed E-state index contributed by atoms with van der Waals surface area (Å²) >= 11 is 0. The SMILES string of the molecule is CC(N1CCN(C(=O)CC2CCCN2)CC1)C(F)(F)F. The topological polar surface area (TPSA) is 35.6 Å². The van der Waals surface area contributed by atoms with Crippen molar-refractivity contribution in [1.82, 2.24) is 15.1 Å². The molecule has 0 aliphatic carbocycles. The van der Waals surface area contributed by atoms with Gasteiger partial charge >= 0.3 is 6.18 Å². The van der Waals surface area contributed by atoms with Gasteiger partial charge in [-0.05, 0) is 26.3 Å². The second kappa shape index (κ2) is 6.30. The van der Waals surface area contributed by atoms with Crippen LogP contribution in [0, 0.1) is 0 Å². The molecule has 2 rings (SSSR count). The summed E-state index contributed by atoms with van der Waals surface area (Å²) in [7, 11) is 0. The summed E-state index contributed by atoms with van der Waals surface area (Å²) in [6.45, 7) is 3.52. The van der Waals surface area contributed by atoms with Gasteiger partial charge in [0.15, 0.2) is 0 Å². The molecular weight excluding hydrogens is 271 g/mol. The Morgan fingerprint density at radius 2 is 1.95 bits per heavy atom. The van der Waals surface area contributed by atoms with Crippen molar-refractivity contribution in [3.8, 4) is 0 Å². The van der Waals surface area contributed by atoms with Crippen molar-refractivity contribution in [3.05, 3.63) is 0 Å². The second-order valence-electron chi connectivity index (χ2n) is 5.63. The molecule has 0 radical (unpaired) electrons. The van der Waals surface area contributed by atoms with Crippen molar-refractivity contribution in [3.63, 3.8) is 0 Å². The number of hydrogen-bond donors (Lipinski definition) is 1. The number of alkyl halides is 3. The molecule has 0 spiro atoms. The maximum atomic E-state index is 12.6. The minimum absolute atomic E-state index is 0.0590. The normalized spacial score (nSPS) is 26.8. The molecule has 2 unspecified atom stereocenters. The molecular formula is C13H22F3N3O. The molecule has 4 nitrogen and oxygen atoms in total. The number of piperazine rings is 1. The van der Waals surface area contributed by atoms with E-state index in [-0.39, 0.29) is 11.9 Å². The predicted molar refractivity (Wildman–Crippen MR) is 69.3 cm³/mol. The van der Waals surface area contributed by atoms with E-state index in [0.29, 0.717) is 32.6 Å². The minimum Gasteiger partial charge on any atom is -0.340 e. The molecule has 2 heterocycles. The van der Waals surface area contributed by atoms with E-state index in [2.05, 4.69) is 5.32 Å². The smallest absolute Gasteiger partial charge is 0.340 e. The highest BCUT2D eigenvalue weighted by Gasteiger charge is 2.41. The Labute approximate surface area is 117 Å². The number of nitrogens with zero attached hydrogens (tertiary/aromatic N) is 2. The highest BCUT2D eigenvalue weighted by atomic mass is 19.4. The van der Waals surface area contributed by atoms with E-state index >= 15 is 0 Å². The van der Waals surface area contributed by atoms with Crippen LogP contribution in [0.3, 0.4) is 0 Å². The third kappa shape index (κ3) is 3.85. The van der Waals surface area contributed by atoms with Crippen LogP contribution in [-0.4, -0.2) is 66.7 Å². The molecule has 1 amide bonds. The summed E-state index contributed by atoms with van der Waals surface area (Å²) in [5.74, 6) is 0.0590. The van der Waals surface area contributed by atoms with Crippen LogP contribution in [0.5, 0.6) is 0 Å². The first-order valence-corrected chi connectivity index (χ1v) is 7.20. The Balaban J connectivity index is 1.77. The summed E-state index contributed by atoms with van der Waals surface area (Å²) < 4.78 is 37.9. The second-order valence-corrected chi connectivity index (χ2v) is 5.63. The van der Waals surface area contributed by atoms with Crippen molar-refractivity contribution in [2.45, 2.75) is 44.4 Å². The molecule has 1 N–H and O–H groups in total. The first-order valence-electron chi connectivity index (χ1n) is 7.20. The van der Waals surface area contributed by atoms with Crippen LogP contribution < -0.4 is 5.32 Å². The van der Waals surface area contributed by atoms with Crippen LogP contribution in [0.25, 0.3) is 0 Å². The molecule has 116 valence electrons. The van der Waals surface area contributed by atoms with E-state index in [1.165, 1.54) is 11.8 Å². The van der Waals surface area contributed by atoms with Crippen LogP contribution in [-0.2, 0) is 4.79 Å². The molecule has 0 aromatic rings. The molecule has 2 saturated heterocycles. The molecule has 0 aromatic carbocycles. The lowest BCUT2D eigenvalue weighted by atomic mass is 10.1. The van der Waals surface area contributed by atoms with Crippen molar-refractivity contribution >= 4 is 5.91 Å². The lowest BCUT2D eigenvalue weighted by molar-refractivity contribution is -0.183. The van der Waals surface area contributed by atoms with Gasteiger partial charge in [-0.15, -0.1) is 0 Å². The average molecular weight is 293 g/mol. The van der Waals surface area contributed by atoms with E-state index in [1.54, 1.807) is 4.90 Å². The summed E-state index contributed by atoms with van der Waals surface area (Å²) in [5.41, 5.74) is 0. The average Bonchev–Trinajstić information content (AvgIpc) is 2.90. The third-order valence-electron chi connectivity index (χ3n) is 4.27. The Hall–Kier alpha value is -0.820. The van der Waals surface area contributed by atoms with Gasteiger partial charge in [0.2, 0.25) is 5.91 Å². The molecule has 7 heteroatoms. The Bertz CT molecular complexity index is 334. The Morgan fingerprint density at radius 1 is 1.30 bits per heavy atom. The molecule has 2 aliphatic rings. The van der Waals surface area contributed by atoms with Crippen molar-refractivity contribution in [2.24, 2.45) is 0 Å². The molecule has 2 atom stereocenters. The molecule has 2 fully saturated rings. The summed E-state index contributed by atoms with van der Waals surface area (Å²) in [4.78, 5) is 15.2. The van der Waals surface area contributed by atoms with E-state index in [4.69, 9.17) is 0 Å². The largest absolute Gasteiger partial charge is 0.403 e. The van der Waals surface area contributed by atoms with Gasteiger partial charge in [0.1, 0.15) is 6.04 Å². The third-order valence-corrected chi connectivity index (χ3v) is 4.27. The fourth-order valence-electron chi connectivity index (χ4n) is 2.84. The molecule has 0 aromatic heterocycles. The fourth-order valence-corrected chi connectivity index (χ4v) is 2.84. The number of halogens is 3. The number of rotatable bonds is 3. The van der Waals surface area contributed by atoms with Gasteiger partial charge in [-0.3, -0.25) is 9.69 Å². The van der Waals surface area contributed by atoms with Gasteiger partial charge in [-0.1, -0.05) is 0 Å².